The van der Waals surface area contributed by atoms with Crippen molar-refractivity contribution in [2.24, 2.45) is 0 Å². The summed E-state index contributed by atoms with van der Waals surface area (Å²) in [5.41, 5.74) is -0.855. The first-order valence-corrected chi connectivity index (χ1v) is 8.80. The van der Waals surface area contributed by atoms with Gasteiger partial charge in [0.05, 0.1) is 17.7 Å². The molecular weight excluding hydrogens is 411 g/mol. The maximum absolute atomic E-state index is 12.7. The van der Waals surface area contributed by atoms with Crippen molar-refractivity contribution in [3.05, 3.63) is 64.9 Å². The van der Waals surface area contributed by atoms with Crippen molar-refractivity contribution < 1.29 is 32.2 Å². The van der Waals surface area contributed by atoms with E-state index >= 15 is 0 Å². The van der Waals surface area contributed by atoms with Crippen molar-refractivity contribution in [1.29, 1.82) is 0 Å². The van der Waals surface area contributed by atoms with E-state index in [1.807, 2.05) is 0 Å². The summed E-state index contributed by atoms with van der Waals surface area (Å²) in [6.07, 6.45) is -3.73. The second-order valence-electron chi connectivity index (χ2n) is 5.84. The van der Waals surface area contributed by atoms with Crippen molar-refractivity contribution >= 4 is 17.5 Å². The standard InChI is InChI=1S/C20H19ClF3NO4/c1-12(18(27-3)11-19(26)25-2)28-14-5-7-15(8-6-14)29-17-9-4-13(10-16(17)21)20(22,23)24/h4-12H,1-3H3,(H,25,26). The van der Waals surface area contributed by atoms with Crippen LogP contribution in [0.2, 0.25) is 5.02 Å². The summed E-state index contributed by atoms with van der Waals surface area (Å²) in [7, 11) is 2.93. The van der Waals surface area contributed by atoms with Crippen molar-refractivity contribution in [2.45, 2.75) is 19.2 Å². The van der Waals surface area contributed by atoms with E-state index in [0.717, 1.165) is 18.2 Å². The summed E-state index contributed by atoms with van der Waals surface area (Å²) in [6, 6.07) is 9.22. The van der Waals surface area contributed by atoms with Gasteiger partial charge >= 0.3 is 6.18 Å². The van der Waals surface area contributed by atoms with Crippen LogP contribution in [-0.4, -0.2) is 26.2 Å². The molecule has 5 nitrogen and oxygen atoms in total. The fourth-order valence-electron chi connectivity index (χ4n) is 2.28. The molecule has 0 spiro atoms. The van der Waals surface area contributed by atoms with Crippen LogP contribution >= 0.6 is 11.6 Å². The molecule has 0 saturated carbocycles. The highest BCUT2D eigenvalue weighted by atomic mass is 35.5. The van der Waals surface area contributed by atoms with E-state index in [9.17, 15) is 18.0 Å². The molecular formula is C20H19ClF3NO4. The van der Waals surface area contributed by atoms with E-state index in [-0.39, 0.29) is 16.7 Å². The molecule has 2 aromatic carbocycles. The summed E-state index contributed by atoms with van der Waals surface area (Å²) in [6.45, 7) is 1.71. The third kappa shape index (κ3) is 6.32. The fraction of sp³-hybridized carbons (Fsp3) is 0.250. The molecule has 0 fully saturated rings. The van der Waals surface area contributed by atoms with Gasteiger partial charge in [-0.15, -0.1) is 0 Å². The lowest BCUT2D eigenvalue weighted by molar-refractivity contribution is -0.137. The Morgan fingerprint density at radius 3 is 2.28 bits per heavy atom. The second-order valence-corrected chi connectivity index (χ2v) is 6.25. The number of methoxy groups -OCH3 is 1. The van der Waals surface area contributed by atoms with Gasteiger partial charge in [-0.25, -0.2) is 0 Å². The second kappa shape index (κ2) is 9.56. The Balaban J connectivity index is 2.07. The van der Waals surface area contributed by atoms with Crippen LogP contribution in [-0.2, 0) is 15.7 Å². The SMILES string of the molecule is CNC(=O)C=C(OC)C(C)Oc1ccc(Oc2ccc(C(F)(F)F)cc2Cl)cc1. The van der Waals surface area contributed by atoms with Crippen molar-refractivity contribution in [1.82, 2.24) is 5.32 Å². The first-order valence-electron chi connectivity index (χ1n) is 8.42. The summed E-state index contributed by atoms with van der Waals surface area (Å²) >= 11 is 5.89. The molecule has 156 valence electrons. The molecule has 0 heterocycles. The molecule has 1 N–H and O–H groups in total. The number of likely N-dealkylation sites (N-methyl/N-ethyl adjacent to an activating group) is 1. The van der Waals surface area contributed by atoms with Crippen LogP contribution in [0.15, 0.2) is 54.3 Å². The summed E-state index contributed by atoms with van der Waals surface area (Å²) in [5, 5.41) is 2.30. The van der Waals surface area contributed by atoms with Crippen LogP contribution in [0.4, 0.5) is 13.2 Å². The normalized spacial score (nSPS) is 12.9. The third-order valence-corrected chi connectivity index (χ3v) is 4.08. The van der Waals surface area contributed by atoms with Gasteiger partial charge in [0.15, 0.2) is 6.10 Å². The van der Waals surface area contributed by atoms with Crippen molar-refractivity contribution in [3.8, 4) is 17.2 Å². The first kappa shape index (κ1) is 22.4. The number of alkyl halides is 3. The van der Waals surface area contributed by atoms with E-state index < -0.39 is 17.8 Å². The van der Waals surface area contributed by atoms with Gasteiger partial charge in [-0.05, 0) is 49.4 Å². The van der Waals surface area contributed by atoms with Gasteiger partial charge in [-0.2, -0.15) is 13.2 Å². The Kier molecular flexibility index (Phi) is 7.39. The molecule has 1 amide bonds. The number of amides is 1. The predicted molar refractivity (Wildman–Crippen MR) is 102 cm³/mol. The quantitative estimate of drug-likeness (QED) is 0.486. The number of carbonyl (C=O) groups is 1. The number of hydrogen-bond donors (Lipinski definition) is 1. The first-order chi connectivity index (χ1) is 13.6. The molecule has 0 saturated heterocycles. The van der Waals surface area contributed by atoms with E-state index in [2.05, 4.69) is 5.32 Å². The molecule has 1 unspecified atom stereocenters. The highest BCUT2D eigenvalue weighted by Crippen LogP contribution is 2.36. The van der Waals surface area contributed by atoms with Crippen LogP contribution in [0.3, 0.4) is 0 Å². The average molecular weight is 430 g/mol. The molecule has 0 bridgehead atoms. The molecule has 29 heavy (non-hydrogen) atoms. The van der Waals surface area contributed by atoms with Gasteiger partial charge in [0.1, 0.15) is 23.0 Å². The number of nitrogens with one attached hydrogen (secondary N) is 1. The Labute approximate surface area is 171 Å². The number of halogens is 4. The van der Waals surface area contributed by atoms with Crippen LogP contribution < -0.4 is 14.8 Å². The monoisotopic (exact) mass is 429 g/mol. The molecule has 0 aliphatic heterocycles. The molecule has 2 rings (SSSR count). The van der Waals surface area contributed by atoms with Crippen LogP contribution in [0.5, 0.6) is 17.2 Å². The number of ether oxygens (including phenoxy) is 3. The third-order valence-electron chi connectivity index (χ3n) is 3.78. The summed E-state index contributed by atoms with van der Waals surface area (Å²) in [4.78, 5) is 11.4. The Morgan fingerprint density at radius 2 is 1.76 bits per heavy atom. The van der Waals surface area contributed by atoms with Crippen LogP contribution in [0, 0.1) is 0 Å². The lowest BCUT2D eigenvalue weighted by Crippen LogP contribution is -2.21. The van der Waals surface area contributed by atoms with Gasteiger partial charge in [0.2, 0.25) is 5.91 Å². The van der Waals surface area contributed by atoms with E-state index in [0.29, 0.717) is 17.3 Å². The summed E-state index contributed by atoms with van der Waals surface area (Å²) in [5.74, 6) is 0.940. The molecule has 1 atom stereocenters. The lowest BCUT2D eigenvalue weighted by Gasteiger charge is -2.17. The highest BCUT2D eigenvalue weighted by Gasteiger charge is 2.31. The van der Waals surface area contributed by atoms with Crippen LogP contribution in [0.25, 0.3) is 0 Å². The fourth-order valence-corrected chi connectivity index (χ4v) is 2.50. The minimum absolute atomic E-state index is 0.0943. The van der Waals surface area contributed by atoms with Gasteiger partial charge in [-0.3, -0.25) is 4.79 Å². The number of carbonyl (C=O) groups excluding carboxylic acids is 1. The minimum Gasteiger partial charge on any atom is -0.497 e. The van der Waals surface area contributed by atoms with Gasteiger partial charge in [0.25, 0.3) is 0 Å². The predicted octanol–water partition coefficient (Wildman–Crippen LogP) is 5.19. The highest BCUT2D eigenvalue weighted by molar-refractivity contribution is 6.32. The van der Waals surface area contributed by atoms with Crippen molar-refractivity contribution in [3.63, 3.8) is 0 Å². The van der Waals surface area contributed by atoms with Gasteiger partial charge in [0, 0.05) is 13.1 Å². The maximum atomic E-state index is 12.7. The molecule has 0 aliphatic carbocycles. The van der Waals surface area contributed by atoms with Crippen LogP contribution in [0.1, 0.15) is 12.5 Å². The Bertz CT molecular complexity index is 882. The average Bonchev–Trinajstić information content (AvgIpc) is 2.67. The Morgan fingerprint density at radius 1 is 1.14 bits per heavy atom. The summed E-state index contributed by atoms with van der Waals surface area (Å²) < 4.78 is 54.5. The zero-order chi connectivity index (χ0) is 21.6. The molecule has 9 heteroatoms. The maximum Gasteiger partial charge on any atom is 0.416 e. The smallest absolute Gasteiger partial charge is 0.416 e. The van der Waals surface area contributed by atoms with E-state index in [4.69, 9.17) is 25.8 Å². The van der Waals surface area contributed by atoms with Crippen molar-refractivity contribution in [2.75, 3.05) is 14.2 Å². The molecule has 2 aromatic rings. The zero-order valence-electron chi connectivity index (χ0n) is 15.8. The number of rotatable bonds is 7. The molecule has 0 radical (unpaired) electrons. The largest absolute Gasteiger partial charge is 0.497 e. The zero-order valence-corrected chi connectivity index (χ0v) is 16.6. The van der Waals surface area contributed by atoms with E-state index in [1.165, 1.54) is 20.2 Å². The molecule has 0 aliphatic rings. The Hall–Kier alpha value is -2.87. The van der Waals surface area contributed by atoms with Gasteiger partial charge in [-0.1, -0.05) is 11.6 Å². The minimum atomic E-state index is -4.48. The number of hydrogen-bond acceptors (Lipinski definition) is 4. The molecule has 0 aromatic heterocycles. The van der Waals surface area contributed by atoms with E-state index in [1.54, 1.807) is 31.2 Å². The topological polar surface area (TPSA) is 56.8 Å². The lowest BCUT2D eigenvalue weighted by atomic mass is 10.2. The van der Waals surface area contributed by atoms with Gasteiger partial charge < -0.3 is 19.5 Å². The number of benzene rings is 2.